The van der Waals surface area contributed by atoms with Crippen molar-refractivity contribution in [2.75, 3.05) is 33.8 Å². The summed E-state index contributed by atoms with van der Waals surface area (Å²) < 4.78 is 21.5. The predicted molar refractivity (Wildman–Crippen MR) is 135 cm³/mol. The van der Waals surface area contributed by atoms with Crippen molar-refractivity contribution in [3.63, 3.8) is 0 Å². The molecule has 0 unspecified atom stereocenters. The van der Waals surface area contributed by atoms with Gasteiger partial charge in [-0.05, 0) is 59.2 Å². The van der Waals surface area contributed by atoms with Crippen molar-refractivity contribution >= 4 is 29.8 Å². The van der Waals surface area contributed by atoms with Crippen molar-refractivity contribution in [3.8, 4) is 34.5 Å². The Labute approximate surface area is 203 Å². The summed E-state index contributed by atoms with van der Waals surface area (Å²) >= 11 is 0. The molecule has 0 aliphatic rings. The number of aromatic hydroxyl groups is 2. The van der Waals surface area contributed by atoms with Crippen molar-refractivity contribution in [2.24, 2.45) is 0 Å². The zero-order valence-corrected chi connectivity index (χ0v) is 19.9. The van der Waals surface area contributed by atoms with Crippen LogP contribution in [0.4, 0.5) is 5.69 Å². The molecule has 182 valence electrons. The second-order valence-corrected chi connectivity index (χ2v) is 7.32. The number of nitrogens with one attached hydrogen (secondary N) is 1. The second kappa shape index (κ2) is 11.5. The van der Waals surface area contributed by atoms with Crippen LogP contribution >= 0.6 is 0 Å². The SMILES string of the molecule is COc1ccc(/C=C/c2cc(OC)c(OC)c(OC)c2)cc1NC(=O)/C=C/c1ccc(O)c(O)c1. The number of hydrogen-bond donors (Lipinski definition) is 3. The van der Waals surface area contributed by atoms with Gasteiger partial charge in [0.1, 0.15) is 5.75 Å². The highest BCUT2D eigenvalue weighted by atomic mass is 16.5. The van der Waals surface area contributed by atoms with Crippen molar-refractivity contribution in [2.45, 2.75) is 0 Å². The van der Waals surface area contributed by atoms with Gasteiger partial charge in [0, 0.05) is 6.08 Å². The fraction of sp³-hybridized carbons (Fsp3) is 0.148. The number of anilines is 1. The number of rotatable bonds is 9. The summed E-state index contributed by atoms with van der Waals surface area (Å²) in [4.78, 5) is 12.5. The molecule has 1 amide bonds. The van der Waals surface area contributed by atoms with Gasteiger partial charge < -0.3 is 34.5 Å². The Bertz CT molecular complexity index is 1240. The van der Waals surface area contributed by atoms with Crippen LogP contribution in [-0.2, 0) is 4.79 Å². The van der Waals surface area contributed by atoms with Gasteiger partial charge in [-0.15, -0.1) is 0 Å². The molecule has 0 saturated heterocycles. The molecule has 3 aromatic rings. The molecule has 0 bridgehead atoms. The second-order valence-electron chi connectivity index (χ2n) is 7.32. The summed E-state index contributed by atoms with van der Waals surface area (Å²) in [6, 6.07) is 13.3. The average Bonchev–Trinajstić information content (AvgIpc) is 2.87. The van der Waals surface area contributed by atoms with E-state index in [9.17, 15) is 15.0 Å². The molecule has 3 rings (SSSR count). The zero-order valence-electron chi connectivity index (χ0n) is 19.9. The normalized spacial score (nSPS) is 11.0. The van der Waals surface area contributed by atoms with Crippen LogP contribution in [0.25, 0.3) is 18.2 Å². The van der Waals surface area contributed by atoms with Crippen molar-refractivity contribution in [1.29, 1.82) is 0 Å². The van der Waals surface area contributed by atoms with E-state index >= 15 is 0 Å². The standard InChI is InChI=1S/C27H27NO7/c1-32-23-11-8-17(5-6-19-15-24(33-2)27(35-4)25(16-19)34-3)13-20(23)28-26(31)12-9-18-7-10-21(29)22(30)14-18/h5-16,29-30H,1-4H3,(H,28,31)/b6-5+,12-9+. The lowest BCUT2D eigenvalue weighted by Crippen LogP contribution is -2.09. The van der Waals surface area contributed by atoms with Gasteiger partial charge in [-0.25, -0.2) is 0 Å². The van der Waals surface area contributed by atoms with Crippen LogP contribution in [0, 0.1) is 0 Å². The molecule has 0 heterocycles. The molecule has 0 spiro atoms. The molecular formula is C27H27NO7. The number of benzene rings is 3. The summed E-state index contributed by atoms with van der Waals surface area (Å²) in [6.07, 6.45) is 6.61. The molecule has 0 saturated carbocycles. The average molecular weight is 478 g/mol. The maximum absolute atomic E-state index is 12.5. The quantitative estimate of drug-likeness (QED) is 0.227. The summed E-state index contributed by atoms with van der Waals surface area (Å²) in [7, 11) is 6.18. The number of carbonyl (C=O) groups excluding carboxylic acids is 1. The maximum atomic E-state index is 12.5. The number of phenols is 2. The Hall–Kier alpha value is -4.59. The Balaban J connectivity index is 1.81. The maximum Gasteiger partial charge on any atom is 0.248 e. The van der Waals surface area contributed by atoms with Crippen molar-refractivity contribution < 1.29 is 34.0 Å². The van der Waals surface area contributed by atoms with E-state index in [2.05, 4.69) is 5.32 Å². The van der Waals surface area contributed by atoms with Crippen LogP contribution in [0.15, 0.2) is 54.6 Å². The van der Waals surface area contributed by atoms with Crippen LogP contribution in [0.5, 0.6) is 34.5 Å². The molecule has 35 heavy (non-hydrogen) atoms. The number of hydrogen-bond acceptors (Lipinski definition) is 7. The highest BCUT2D eigenvalue weighted by molar-refractivity contribution is 6.03. The lowest BCUT2D eigenvalue weighted by molar-refractivity contribution is -0.111. The van der Waals surface area contributed by atoms with E-state index in [1.807, 2.05) is 30.4 Å². The van der Waals surface area contributed by atoms with E-state index in [1.54, 1.807) is 39.5 Å². The highest BCUT2D eigenvalue weighted by Gasteiger charge is 2.12. The van der Waals surface area contributed by atoms with E-state index in [-0.39, 0.29) is 17.4 Å². The fourth-order valence-electron chi connectivity index (χ4n) is 3.31. The topological polar surface area (TPSA) is 106 Å². The Kier molecular flexibility index (Phi) is 8.24. The molecule has 3 N–H and O–H groups in total. The van der Waals surface area contributed by atoms with Crippen LogP contribution in [0.2, 0.25) is 0 Å². The summed E-state index contributed by atoms with van der Waals surface area (Å²) in [5.74, 6) is 1.22. The Morgan fingerprint density at radius 2 is 1.29 bits per heavy atom. The zero-order chi connectivity index (χ0) is 25.4. The Morgan fingerprint density at radius 1 is 0.686 bits per heavy atom. The first-order valence-electron chi connectivity index (χ1n) is 10.6. The van der Waals surface area contributed by atoms with Gasteiger partial charge in [-0.3, -0.25) is 4.79 Å². The van der Waals surface area contributed by atoms with Gasteiger partial charge in [0.2, 0.25) is 11.7 Å². The first-order valence-corrected chi connectivity index (χ1v) is 10.6. The number of amides is 1. The number of carbonyl (C=O) groups is 1. The summed E-state index contributed by atoms with van der Waals surface area (Å²) in [6.45, 7) is 0. The van der Waals surface area contributed by atoms with Crippen molar-refractivity contribution in [3.05, 3.63) is 71.3 Å². The van der Waals surface area contributed by atoms with E-state index in [1.165, 1.54) is 31.4 Å². The van der Waals surface area contributed by atoms with Gasteiger partial charge >= 0.3 is 0 Å². The third-order valence-corrected chi connectivity index (χ3v) is 5.06. The molecule has 8 nitrogen and oxygen atoms in total. The molecule has 0 radical (unpaired) electrons. The van der Waals surface area contributed by atoms with E-state index in [0.29, 0.717) is 34.2 Å². The smallest absolute Gasteiger partial charge is 0.248 e. The van der Waals surface area contributed by atoms with Gasteiger partial charge in [0.25, 0.3) is 0 Å². The first-order chi connectivity index (χ1) is 16.9. The van der Waals surface area contributed by atoms with Crippen LogP contribution in [-0.4, -0.2) is 44.6 Å². The number of phenolic OH excluding ortho intramolecular Hbond substituents is 2. The van der Waals surface area contributed by atoms with Crippen LogP contribution in [0.1, 0.15) is 16.7 Å². The first kappa shape index (κ1) is 25.0. The van der Waals surface area contributed by atoms with Gasteiger partial charge in [-0.2, -0.15) is 0 Å². The monoisotopic (exact) mass is 477 g/mol. The summed E-state index contributed by atoms with van der Waals surface area (Å²) in [5, 5.41) is 21.8. The Morgan fingerprint density at radius 3 is 1.89 bits per heavy atom. The molecular weight excluding hydrogens is 450 g/mol. The third kappa shape index (κ3) is 6.26. The number of methoxy groups -OCH3 is 4. The predicted octanol–water partition coefficient (Wildman–Crippen LogP) is 4.95. The van der Waals surface area contributed by atoms with Gasteiger partial charge in [-0.1, -0.05) is 24.3 Å². The molecule has 0 aliphatic carbocycles. The summed E-state index contributed by atoms with van der Waals surface area (Å²) in [5.41, 5.74) is 2.70. The molecule has 0 fully saturated rings. The highest BCUT2D eigenvalue weighted by Crippen LogP contribution is 2.38. The van der Waals surface area contributed by atoms with E-state index in [0.717, 1.165) is 11.1 Å². The minimum absolute atomic E-state index is 0.229. The van der Waals surface area contributed by atoms with Crippen LogP contribution < -0.4 is 24.3 Å². The lowest BCUT2D eigenvalue weighted by Gasteiger charge is -2.13. The molecule has 0 atom stereocenters. The minimum atomic E-state index is -0.387. The van der Waals surface area contributed by atoms with Crippen molar-refractivity contribution in [1.82, 2.24) is 0 Å². The lowest BCUT2D eigenvalue weighted by atomic mass is 10.1. The van der Waals surface area contributed by atoms with E-state index < -0.39 is 0 Å². The molecule has 8 heteroatoms. The molecule has 3 aromatic carbocycles. The minimum Gasteiger partial charge on any atom is -0.504 e. The molecule has 0 aromatic heterocycles. The molecule has 0 aliphatic heterocycles. The van der Waals surface area contributed by atoms with Gasteiger partial charge in [0.15, 0.2) is 23.0 Å². The van der Waals surface area contributed by atoms with E-state index in [4.69, 9.17) is 18.9 Å². The third-order valence-electron chi connectivity index (χ3n) is 5.06. The number of ether oxygens (including phenoxy) is 4. The van der Waals surface area contributed by atoms with Gasteiger partial charge in [0.05, 0.1) is 34.1 Å². The fourth-order valence-corrected chi connectivity index (χ4v) is 3.31. The largest absolute Gasteiger partial charge is 0.504 e. The van der Waals surface area contributed by atoms with Crippen LogP contribution in [0.3, 0.4) is 0 Å².